The molecule has 1 aromatic rings. The van der Waals surface area contributed by atoms with E-state index in [-0.39, 0.29) is 0 Å². The van der Waals surface area contributed by atoms with E-state index in [1.807, 2.05) is 7.05 Å². The molecule has 1 unspecified atom stereocenters. The molecule has 0 heterocycles. The minimum atomic E-state index is 0.328. The summed E-state index contributed by atoms with van der Waals surface area (Å²) in [5.41, 5.74) is 2.55. The average molecular weight is 291 g/mol. The van der Waals surface area contributed by atoms with Gasteiger partial charge in [0.05, 0.1) is 6.61 Å². The summed E-state index contributed by atoms with van der Waals surface area (Å²) in [5.74, 6) is 1.04. The van der Waals surface area contributed by atoms with Crippen LogP contribution in [0, 0.1) is 6.92 Å². The molecule has 0 fully saturated rings. The van der Waals surface area contributed by atoms with E-state index < -0.39 is 0 Å². The molecule has 0 amide bonds. The van der Waals surface area contributed by atoms with Gasteiger partial charge in [-0.25, -0.2) is 0 Å². The van der Waals surface area contributed by atoms with E-state index >= 15 is 0 Å². The van der Waals surface area contributed by atoms with Gasteiger partial charge in [0, 0.05) is 11.6 Å². The molecule has 21 heavy (non-hydrogen) atoms. The standard InChI is InChI=1S/C19H33NO/c1-5-6-7-8-9-10-11-14-21-19-13-12-16(2)15-18(19)17(3)20-4/h12-13,15,17,20H,5-11,14H2,1-4H3. The molecule has 0 radical (unpaired) electrons. The van der Waals surface area contributed by atoms with Gasteiger partial charge in [-0.3, -0.25) is 0 Å². The fraction of sp³-hybridized carbons (Fsp3) is 0.684. The molecule has 1 aromatic carbocycles. The molecular weight excluding hydrogens is 258 g/mol. The van der Waals surface area contributed by atoms with Gasteiger partial charge in [0.2, 0.25) is 0 Å². The summed E-state index contributed by atoms with van der Waals surface area (Å²) in [4.78, 5) is 0. The van der Waals surface area contributed by atoms with Crippen LogP contribution in [0.15, 0.2) is 18.2 Å². The zero-order valence-corrected chi connectivity index (χ0v) is 14.4. The summed E-state index contributed by atoms with van der Waals surface area (Å²) < 4.78 is 6.00. The maximum Gasteiger partial charge on any atom is 0.124 e. The summed E-state index contributed by atoms with van der Waals surface area (Å²) in [5, 5.41) is 3.30. The predicted molar refractivity (Wildman–Crippen MR) is 92.1 cm³/mol. The third-order valence-electron chi connectivity index (χ3n) is 4.07. The van der Waals surface area contributed by atoms with Crippen LogP contribution in [-0.4, -0.2) is 13.7 Å². The number of nitrogens with one attached hydrogen (secondary N) is 1. The van der Waals surface area contributed by atoms with E-state index in [1.165, 1.54) is 49.7 Å². The molecular formula is C19H33NO. The highest BCUT2D eigenvalue weighted by molar-refractivity contribution is 5.38. The molecule has 2 heteroatoms. The maximum absolute atomic E-state index is 6.00. The zero-order valence-electron chi connectivity index (χ0n) is 14.4. The van der Waals surface area contributed by atoms with Crippen LogP contribution < -0.4 is 10.1 Å². The van der Waals surface area contributed by atoms with Gasteiger partial charge in [-0.05, 0) is 33.4 Å². The van der Waals surface area contributed by atoms with Gasteiger partial charge >= 0.3 is 0 Å². The topological polar surface area (TPSA) is 21.3 Å². The van der Waals surface area contributed by atoms with Crippen LogP contribution in [0.4, 0.5) is 0 Å². The molecule has 1 atom stereocenters. The lowest BCUT2D eigenvalue weighted by molar-refractivity contribution is 0.299. The third-order valence-corrected chi connectivity index (χ3v) is 4.07. The molecule has 0 bridgehead atoms. The lowest BCUT2D eigenvalue weighted by atomic mass is 10.0. The Morgan fingerprint density at radius 2 is 1.71 bits per heavy atom. The summed E-state index contributed by atoms with van der Waals surface area (Å²) in [6, 6.07) is 6.79. The zero-order chi connectivity index (χ0) is 15.5. The molecule has 1 N–H and O–H groups in total. The summed E-state index contributed by atoms with van der Waals surface area (Å²) in [6.45, 7) is 7.40. The van der Waals surface area contributed by atoms with Crippen LogP contribution in [-0.2, 0) is 0 Å². The van der Waals surface area contributed by atoms with E-state index in [2.05, 4.69) is 44.3 Å². The van der Waals surface area contributed by atoms with Crippen molar-refractivity contribution in [2.24, 2.45) is 0 Å². The van der Waals surface area contributed by atoms with Crippen molar-refractivity contribution in [2.45, 2.75) is 71.8 Å². The lowest BCUT2D eigenvalue weighted by Crippen LogP contribution is -2.14. The minimum absolute atomic E-state index is 0.328. The van der Waals surface area contributed by atoms with E-state index in [0.717, 1.165) is 18.8 Å². The van der Waals surface area contributed by atoms with Crippen molar-refractivity contribution in [3.63, 3.8) is 0 Å². The number of aryl methyl sites for hydroxylation is 1. The molecule has 0 spiro atoms. The van der Waals surface area contributed by atoms with Crippen LogP contribution in [0.5, 0.6) is 5.75 Å². The van der Waals surface area contributed by atoms with Gasteiger partial charge in [0.1, 0.15) is 5.75 Å². The normalized spacial score (nSPS) is 12.4. The predicted octanol–water partition coefficient (Wildman–Crippen LogP) is 5.40. The van der Waals surface area contributed by atoms with Crippen molar-refractivity contribution in [1.82, 2.24) is 5.32 Å². The third kappa shape index (κ3) is 6.99. The van der Waals surface area contributed by atoms with Gasteiger partial charge in [-0.1, -0.05) is 63.1 Å². The van der Waals surface area contributed by atoms with E-state index in [0.29, 0.717) is 6.04 Å². The van der Waals surface area contributed by atoms with Gasteiger partial charge in [-0.2, -0.15) is 0 Å². The fourth-order valence-electron chi connectivity index (χ4n) is 2.53. The molecule has 1 rings (SSSR count). The molecule has 0 aromatic heterocycles. The Hall–Kier alpha value is -1.02. The van der Waals surface area contributed by atoms with Crippen molar-refractivity contribution < 1.29 is 4.74 Å². The molecule has 120 valence electrons. The fourth-order valence-corrected chi connectivity index (χ4v) is 2.53. The summed E-state index contributed by atoms with van der Waals surface area (Å²) in [7, 11) is 1.99. The molecule has 0 saturated carbocycles. The number of hydrogen-bond acceptors (Lipinski definition) is 2. The Balaban J connectivity index is 2.31. The second kappa shape index (κ2) is 10.7. The highest BCUT2D eigenvalue weighted by Gasteiger charge is 2.10. The largest absolute Gasteiger partial charge is 0.493 e. The van der Waals surface area contributed by atoms with Crippen molar-refractivity contribution >= 4 is 0 Å². The number of unbranched alkanes of at least 4 members (excludes halogenated alkanes) is 6. The first-order valence-corrected chi connectivity index (χ1v) is 8.59. The lowest BCUT2D eigenvalue weighted by Gasteiger charge is -2.17. The highest BCUT2D eigenvalue weighted by Crippen LogP contribution is 2.26. The second-order valence-electron chi connectivity index (χ2n) is 6.02. The van der Waals surface area contributed by atoms with Crippen LogP contribution >= 0.6 is 0 Å². The molecule has 0 aliphatic heterocycles. The van der Waals surface area contributed by atoms with Crippen molar-refractivity contribution in [1.29, 1.82) is 0 Å². The minimum Gasteiger partial charge on any atom is -0.493 e. The van der Waals surface area contributed by atoms with E-state index in [1.54, 1.807) is 0 Å². The Bertz CT molecular complexity index is 389. The van der Waals surface area contributed by atoms with Crippen LogP contribution in [0.1, 0.15) is 76.0 Å². The average Bonchev–Trinajstić information content (AvgIpc) is 2.50. The quantitative estimate of drug-likeness (QED) is 0.551. The van der Waals surface area contributed by atoms with Gasteiger partial charge in [0.15, 0.2) is 0 Å². The Morgan fingerprint density at radius 3 is 2.38 bits per heavy atom. The van der Waals surface area contributed by atoms with Crippen LogP contribution in [0.2, 0.25) is 0 Å². The Kier molecular flexibility index (Phi) is 9.16. The molecule has 0 aliphatic carbocycles. The maximum atomic E-state index is 6.00. The van der Waals surface area contributed by atoms with E-state index in [4.69, 9.17) is 4.74 Å². The summed E-state index contributed by atoms with van der Waals surface area (Å²) >= 11 is 0. The van der Waals surface area contributed by atoms with Crippen LogP contribution in [0.25, 0.3) is 0 Å². The van der Waals surface area contributed by atoms with Gasteiger partial charge in [0.25, 0.3) is 0 Å². The van der Waals surface area contributed by atoms with Crippen LogP contribution in [0.3, 0.4) is 0 Å². The SMILES string of the molecule is CCCCCCCCCOc1ccc(C)cc1C(C)NC. The Labute approximate surface area is 131 Å². The molecule has 0 saturated heterocycles. The van der Waals surface area contributed by atoms with Crippen molar-refractivity contribution in [2.75, 3.05) is 13.7 Å². The number of benzene rings is 1. The Morgan fingerprint density at radius 1 is 1.05 bits per heavy atom. The first-order valence-electron chi connectivity index (χ1n) is 8.59. The van der Waals surface area contributed by atoms with E-state index in [9.17, 15) is 0 Å². The number of rotatable bonds is 11. The second-order valence-corrected chi connectivity index (χ2v) is 6.02. The molecule has 2 nitrogen and oxygen atoms in total. The first-order chi connectivity index (χ1) is 10.2. The van der Waals surface area contributed by atoms with Crippen molar-refractivity contribution in [3.05, 3.63) is 29.3 Å². The van der Waals surface area contributed by atoms with Gasteiger partial charge in [-0.15, -0.1) is 0 Å². The monoisotopic (exact) mass is 291 g/mol. The highest BCUT2D eigenvalue weighted by atomic mass is 16.5. The molecule has 0 aliphatic rings. The number of hydrogen-bond donors (Lipinski definition) is 1. The first kappa shape index (κ1) is 18.0. The summed E-state index contributed by atoms with van der Waals surface area (Å²) in [6.07, 6.45) is 9.25. The smallest absolute Gasteiger partial charge is 0.124 e. The van der Waals surface area contributed by atoms with Crippen molar-refractivity contribution in [3.8, 4) is 5.75 Å². The number of ether oxygens (including phenoxy) is 1. The van der Waals surface area contributed by atoms with Gasteiger partial charge < -0.3 is 10.1 Å².